The van der Waals surface area contributed by atoms with Crippen molar-refractivity contribution in [1.29, 1.82) is 0 Å². The molecule has 1 fully saturated rings. The summed E-state index contributed by atoms with van der Waals surface area (Å²) in [5, 5.41) is 16.1. The van der Waals surface area contributed by atoms with Crippen LogP contribution in [0.25, 0.3) is 21.6 Å². The van der Waals surface area contributed by atoms with Crippen molar-refractivity contribution in [2.24, 2.45) is 5.92 Å². The van der Waals surface area contributed by atoms with Gasteiger partial charge < -0.3 is 39.8 Å². The molecule has 0 radical (unpaired) electrons. The molecule has 0 bridgehead atoms. The molecule has 13 nitrogen and oxygen atoms in total. The van der Waals surface area contributed by atoms with Crippen LogP contribution >= 0.6 is 11.3 Å². The maximum absolute atomic E-state index is 13.8. The quantitative estimate of drug-likeness (QED) is 0.0503. The first-order chi connectivity index (χ1) is 31.9. The Balaban J connectivity index is 0.886. The van der Waals surface area contributed by atoms with Crippen molar-refractivity contribution in [3.05, 3.63) is 143 Å². The van der Waals surface area contributed by atoms with Crippen molar-refractivity contribution in [1.82, 2.24) is 25.4 Å². The van der Waals surface area contributed by atoms with E-state index >= 15 is 0 Å². The number of hydrogen-bond donors (Lipinski definition) is 3. The lowest BCUT2D eigenvalue weighted by Gasteiger charge is -2.30. The molecule has 66 heavy (non-hydrogen) atoms. The highest BCUT2D eigenvalue weighted by Crippen LogP contribution is 2.35. The number of carbonyl (C=O) groups is 4. The number of β-amino-alcohol motifs (C(OH)–C–C–N with tert-alkyl or cyclic N) is 1. The molecular weight excluding hydrogens is 855 g/mol. The van der Waals surface area contributed by atoms with E-state index in [0.29, 0.717) is 18.9 Å². The van der Waals surface area contributed by atoms with Gasteiger partial charge in [0.2, 0.25) is 23.6 Å². The highest BCUT2D eigenvalue weighted by Gasteiger charge is 2.42. The van der Waals surface area contributed by atoms with Crippen LogP contribution < -0.4 is 15.4 Å². The minimum absolute atomic E-state index is 0.0223. The minimum Gasteiger partial charge on any atom is -0.492 e. The van der Waals surface area contributed by atoms with Crippen molar-refractivity contribution < 1.29 is 38.5 Å². The van der Waals surface area contributed by atoms with Crippen LogP contribution in [0.4, 0.5) is 0 Å². The maximum Gasteiger partial charge on any atom is 0.248 e. The van der Waals surface area contributed by atoms with Gasteiger partial charge in [0, 0.05) is 26.6 Å². The molecule has 1 aliphatic rings. The Hall–Kier alpha value is -6.19. The fourth-order valence-electron chi connectivity index (χ4n) is 7.85. The fourth-order valence-corrected chi connectivity index (χ4v) is 8.66. The second-order valence-corrected chi connectivity index (χ2v) is 17.5. The highest BCUT2D eigenvalue weighted by molar-refractivity contribution is 7.13. The average Bonchev–Trinajstić information content (AvgIpc) is 3.95. The highest BCUT2D eigenvalue weighted by atomic mass is 32.1. The molecule has 6 rings (SSSR count). The van der Waals surface area contributed by atoms with Gasteiger partial charge in [0.1, 0.15) is 37.7 Å². The zero-order chi connectivity index (χ0) is 47.0. The van der Waals surface area contributed by atoms with Gasteiger partial charge in [0.05, 0.1) is 41.9 Å². The lowest BCUT2D eigenvalue weighted by Crippen LogP contribution is -2.55. The van der Waals surface area contributed by atoms with E-state index < -0.39 is 30.0 Å². The van der Waals surface area contributed by atoms with Crippen molar-refractivity contribution >= 4 is 46.1 Å². The zero-order valence-electron chi connectivity index (χ0n) is 38.4. The summed E-state index contributed by atoms with van der Waals surface area (Å²) in [5.74, 6) is -1.19. The van der Waals surface area contributed by atoms with E-state index in [9.17, 15) is 24.3 Å². The molecule has 0 aliphatic carbocycles. The van der Waals surface area contributed by atoms with Gasteiger partial charge in [-0.1, -0.05) is 118 Å². The molecule has 1 saturated heterocycles. The van der Waals surface area contributed by atoms with E-state index in [1.165, 1.54) is 26.5 Å². The number of hydrogen-bond acceptors (Lipinski definition) is 10. The van der Waals surface area contributed by atoms with Crippen LogP contribution in [-0.4, -0.2) is 115 Å². The van der Waals surface area contributed by atoms with E-state index in [1.54, 1.807) is 32.2 Å². The molecule has 5 aromatic rings. The number of aromatic nitrogens is 1. The standard InChI is InChI=1S/C52H61N5O8S/c1-6-44(38-13-9-7-10-14-38)48(39-15-11-8-12-16-39)40-21-23-43(24-22-40)65-26-25-56(5)47(60)33-64-28-27-63-32-46(59)55-49(35(2)3)52(62)57-31-42(58)29-45(57)51(61)53-30-37-17-19-41(20-18-37)50-36(4)54-34-66-50/h7-24,34-35,42,45,49,58H,6,25-33H2,1-5H3,(H,53,61)(H,55,59)/b48-44-/t42-,45+,49+/m1/s1. The number of nitrogens with zero attached hydrogens (tertiary/aromatic N) is 3. The minimum atomic E-state index is -0.944. The lowest BCUT2D eigenvalue weighted by atomic mass is 9.88. The molecule has 3 N–H and O–H groups in total. The number of likely N-dealkylation sites (tertiary alicyclic amines) is 1. The molecule has 2 heterocycles. The number of rotatable bonds is 22. The van der Waals surface area contributed by atoms with E-state index in [4.69, 9.17) is 14.2 Å². The average molecular weight is 916 g/mol. The van der Waals surface area contributed by atoms with Crippen LogP contribution in [0.2, 0.25) is 0 Å². The maximum atomic E-state index is 13.8. The third kappa shape index (κ3) is 13.4. The molecule has 1 aromatic heterocycles. The van der Waals surface area contributed by atoms with Gasteiger partial charge >= 0.3 is 0 Å². The molecular formula is C52H61N5O8S. The molecule has 3 atom stereocenters. The molecule has 0 unspecified atom stereocenters. The Labute approximate surface area is 391 Å². The number of ether oxygens (including phenoxy) is 3. The van der Waals surface area contributed by atoms with Gasteiger partial charge in [-0.05, 0) is 70.4 Å². The first kappa shape index (κ1) is 49.2. The normalized spacial score (nSPS) is 15.5. The predicted octanol–water partition coefficient (Wildman–Crippen LogP) is 6.78. The first-order valence-electron chi connectivity index (χ1n) is 22.4. The molecule has 1 aliphatic heterocycles. The van der Waals surface area contributed by atoms with Crippen molar-refractivity contribution in [3.63, 3.8) is 0 Å². The van der Waals surface area contributed by atoms with Gasteiger partial charge in [-0.25, -0.2) is 4.98 Å². The number of nitrogens with one attached hydrogen (secondary N) is 2. The molecule has 348 valence electrons. The lowest BCUT2D eigenvalue weighted by molar-refractivity contribution is -0.143. The van der Waals surface area contributed by atoms with Crippen molar-refractivity contribution in [3.8, 4) is 16.2 Å². The SMILES string of the molecule is CC/C(=C(\c1ccccc1)c1ccc(OCCN(C)C(=O)COCCOCC(=O)N[C@H](C(=O)N2C[C@H](O)C[C@H]2C(=O)NCc2ccc(-c3scnc3C)cc2)C(C)C)cc1)c1ccccc1. The van der Waals surface area contributed by atoms with Crippen LogP contribution in [0.3, 0.4) is 0 Å². The monoisotopic (exact) mass is 915 g/mol. The van der Waals surface area contributed by atoms with Crippen molar-refractivity contribution in [2.45, 2.75) is 65.3 Å². The summed E-state index contributed by atoms with van der Waals surface area (Å²) in [5.41, 5.74) is 10.6. The topological polar surface area (TPSA) is 160 Å². The summed E-state index contributed by atoms with van der Waals surface area (Å²) in [6.45, 7) is 8.21. The summed E-state index contributed by atoms with van der Waals surface area (Å²) in [4.78, 5) is 61.1. The third-order valence-corrected chi connectivity index (χ3v) is 12.5. The Morgan fingerprint density at radius 1 is 0.848 bits per heavy atom. The molecule has 4 amide bonds. The Morgan fingerprint density at radius 3 is 2.11 bits per heavy atom. The summed E-state index contributed by atoms with van der Waals surface area (Å²) >= 11 is 1.57. The number of aliphatic hydroxyl groups excluding tert-OH is 1. The number of aryl methyl sites for hydroxylation is 1. The van der Waals surface area contributed by atoms with Gasteiger partial charge in [-0.15, -0.1) is 11.3 Å². The van der Waals surface area contributed by atoms with Crippen molar-refractivity contribution in [2.75, 3.05) is 53.2 Å². The molecule has 0 saturated carbocycles. The summed E-state index contributed by atoms with van der Waals surface area (Å²) in [6.07, 6.45) is 0.0850. The summed E-state index contributed by atoms with van der Waals surface area (Å²) < 4.78 is 17.0. The Morgan fingerprint density at radius 2 is 1.48 bits per heavy atom. The second kappa shape index (κ2) is 24.4. The van der Waals surface area contributed by atoms with E-state index in [-0.39, 0.29) is 63.7 Å². The summed E-state index contributed by atoms with van der Waals surface area (Å²) in [6, 6.07) is 34.9. The molecule has 14 heteroatoms. The van der Waals surface area contributed by atoms with Gasteiger partial charge in [0.25, 0.3) is 0 Å². The number of likely N-dealkylation sites (N-methyl/N-ethyl adjacent to an activating group) is 1. The van der Waals surface area contributed by atoms with Crippen LogP contribution in [0.5, 0.6) is 5.75 Å². The van der Waals surface area contributed by atoms with E-state index in [0.717, 1.165) is 39.2 Å². The number of amides is 4. The van der Waals surface area contributed by atoms with Crippen LogP contribution in [0, 0.1) is 12.8 Å². The zero-order valence-corrected chi connectivity index (χ0v) is 39.2. The molecule has 0 spiro atoms. The van der Waals surface area contributed by atoms with E-state index in [1.807, 2.05) is 61.0 Å². The van der Waals surface area contributed by atoms with Gasteiger partial charge in [-0.3, -0.25) is 19.2 Å². The predicted molar refractivity (Wildman–Crippen MR) is 257 cm³/mol. The Bertz CT molecular complexity index is 2390. The number of thiazole rings is 1. The Kier molecular flexibility index (Phi) is 18.2. The van der Waals surface area contributed by atoms with Gasteiger partial charge in [-0.2, -0.15) is 0 Å². The number of benzene rings is 4. The fraction of sp³-hybridized carbons (Fsp3) is 0.365. The van der Waals surface area contributed by atoms with E-state index in [2.05, 4.69) is 83.2 Å². The smallest absolute Gasteiger partial charge is 0.248 e. The largest absolute Gasteiger partial charge is 0.492 e. The first-order valence-corrected chi connectivity index (χ1v) is 23.3. The third-order valence-electron chi connectivity index (χ3n) is 11.5. The number of allylic oxidation sites excluding steroid dienone is 1. The van der Waals surface area contributed by atoms with Crippen LogP contribution in [0.1, 0.15) is 61.6 Å². The second-order valence-electron chi connectivity index (χ2n) is 16.6. The van der Waals surface area contributed by atoms with Gasteiger partial charge in [0.15, 0.2) is 0 Å². The number of aliphatic hydroxyl groups is 1. The molecule has 4 aromatic carbocycles. The van der Waals surface area contributed by atoms with Crippen LogP contribution in [0.15, 0.2) is 115 Å². The van der Waals surface area contributed by atoms with Crippen LogP contribution in [-0.2, 0) is 35.2 Å². The summed E-state index contributed by atoms with van der Waals surface area (Å²) in [7, 11) is 1.68. The number of carbonyl (C=O) groups excluding carboxylic acids is 4.